The molecule has 1 amide bonds. The number of carbonyl (C=O) groups excluding carboxylic acids is 1. The van der Waals surface area contributed by atoms with Crippen LogP contribution in [0.5, 0.6) is 5.75 Å². The highest BCUT2D eigenvalue weighted by molar-refractivity contribution is 5.96. The lowest BCUT2D eigenvalue weighted by atomic mass is 10.1. The number of hydrogen-bond acceptors (Lipinski definition) is 4. The number of carbonyl (C=O) groups is 1. The van der Waals surface area contributed by atoms with E-state index in [4.69, 9.17) is 4.74 Å². The zero-order valence-electron chi connectivity index (χ0n) is 19.5. The standard InChI is InChI=1S/C29H29N3O2/c1-31-19-22-8-6-9-23(16-22)20-32(21-24-17-25-10-2-4-12-27(25)30-18-24)14-7-15-34-28-13-5-3-11-26(28)29(31)33/h2-6,8-13,16-18H,7,14-15,19-21H2,1H3. The summed E-state index contributed by atoms with van der Waals surface area (Å²) in [6.07, 6.45) is 2.84. The molecule has 1 aromatic heterocycles. The summed E-state index contributed by atoms with van der Waals surface area (Å²) in [5, 5.41) is 1.16. The molecule has 5 heteroatoms. The Balaban J connectivity index is 1.42. The van der Waals surface area contributed by atoms with E-state index in [-0.39, 0.29) is 5.91 Å². The van der Waals surface area contributed by atoms with Crippen molar-refractivity contribution < 1.29 is 9.53 Å². The monoisotopic (exact) mass is 451 g/mol. The Morgan fingerprint density at radius 1 is 0.912 bits per heavy atom. The Morgan fingerprint density at radius 2 is 1.71 bits per heavy atom. The molecule has 1 aliphatic rings. The molecule has 0 atom stereocenters. The molecular weight excluding hydrogens is 422 g/mol. The zero-order valence-corrected chi connectivity index (χ0v) is 19.5. The molecule has 5 rings (SSSR count). The van der Waals surface area contributed by atoms with Gasteiger partial charge in [0.25, 0.3) is 5.91 Å². The van der Waals surface area contributed by atoms with Crippen molar-refractivity contribution in [1.82, 2.24) is 14.8 Å². The van der Waals surface area contributed by atoms with Gasteiger partial charge in [-0.25, -0.2) is 0 Å². The Morgan fingerprint density at radius 3 is 2.62 bits per heavy atom. The summed E-state index contributed by atoms with van der Waals surface area (Å²) in [6.45, 7) is 3.63. The van der Waals surface area contributed by atoms with Crippen LogP contribution in [0.1, 0.15) is 33.5 Å². The van der Waals surface area contributed by atoms with Gasteiger partial charge in [-0.2, -0.15) is 0 Å². The van der Waals surface area contributed by atoms with Gasteiger partial charge in [-0.1, -0.05) is 54.6 Å². The number of fused-ring (bicyclic) bond motifs is 4. The van der Waals surface area contributed by atoms with E-state index in [9.17, 15) is 4.79 Å². The lowest BCUT2D eigenvalue weighted by Crippen LogP contribution is -2.28. The van der Waals surface area contributed by atoms with E-state index < -0.39 is 0 Å². The number of pyridine rings is 1. The molecule has 0 unspecified atom stereocenters. The molecule has 4 aromatic rings. The molecule has 0 N–H and O–H groups in total. The van der Waals surface area contributed by atoms with Gasteiger partial charge in [0.2, 0.25) is 0 Å². The lowest BCUT2D eigenvalue weighted by molar-refractivity contribution is 0.0780. The molecule has 2 bridgehead atoms. The van der Waals surface area contributed by atoms with Crippen LogP contribution >= 0.6 is 0 Å². The first-order valence-electron chi connectivity index (χ1n) is 11.8. The van der Waals surface area contributed by atoms with Gasteiger partial charge >= 0.3 is 0 Å². The maximum atomic E-state index is 13.1. The van der Waals surface area contributed by atoms with E-state index in [1.165, 1.54) is 11.1 Å². The van der Waals surface area contributed by atoms with Crippen LogP contribution in [0.15, 0.2) is 85.1 Å². The van der Waals surface area contributed by atoms with Gasteiger partial charge < -0.3 is 9.64 Å². The van der Waals surface area contributed by atoms with E-state index in [1.54, 1.807) is 4.90 Å². The highest BCUT2D eigenvalue weighted by atomic mass is 16.5. The number of nitrogens with zero attached hydrogens (tertiary/aromatic N) is 3. The van der Waals surface area contributed by atoms with Crippen LogP contribution in [-0.2, 0) is 19.6 Å². The average Bonchev–Trinajstić information content (AvgIpc) is 2.86. The molecule has 0 spiro atoms. The van der Waals surface area contributed by atoms with Crippen molar-refractivity contribution in [2.45, 2.75) is 26.1 Å². The summed E-state index contributed by atoms with van der Waals surface area (Å²) in [6, 6.07) is 26.5. The van der Waals surface area contributed by atoms with Crippen LogP contribution in [0.25, 0.3) is 10.9 Å². The highest BCUT2D eigenvalue weighted by Gasteiger charge is 2.18. The quantitative estimate of drug-likeness (QED) is 0.415. The lowest BCUT2D eigenvalue weighted by Gasteiger charge is -2.25. The third-order valence-corrected chi connectivity index (χ3v) is 6.21. The highest BCUT2D eigenvalue weighted by Crippen LogP contribution is 2.22. The SMILES string of the molecule is CN1Cc2cccc(c2)CN(Cc2cnc3ccccc3c2)CCCOc2ccccc2C1=O. The first kappa shape index (κ1) is 22.1. The van der Waals surface area contributed by atoms with Crippen LogP contribution in [0.4, 0.5) is 0 Å². The van der Waals surface area contributed by atoms with Gasteiger partial charge in [0.15, 0.2) is 0 Å². The molecule has 5 nitrogen and oxygen atoms in total. The van der Waals surface area contributed by atoms with Crippen LogP contribution in [-0.4, -0.2) is 40.9 Å². The van der Waals surface area contributed by atoms with Gasteiger partial charge in [-0.05, 0) is 47.4 Å². The normalized spacial score (nSPS) is 15.4. The van der Waals surface area contributed by atoms with E-state index in [0.29, 0.717) is 24.5 Å². The third kappa shape index (κ3) is 5.10. The fourth-order valence-corrected chi connectivity index (χ4v) is 4.55. The van der Waals surface area contributed by atoms with Crippen LogP contribution in [0.3, 0.4) is 0 Å². The van der Waals surface area contributed by atoms with Crippen LogP contribution in [0, 0.1) is 0 Å². The van der Waals surface area contributed by atoms with Crippen LogP contribution < -0.4 is 4.74 Å². The summed E-state index contributed by atoms with van der Waals surface area (Å²) in [5.74, 6) is 0.624. The molecule has 0 saturated heterocycles. The molecule has 0 fully saturated rings. The number of hydrogen-bond donors (Lipinski definition) is 0. The van der Waals surface area contributed by atoms with E-state index in [0.717, 1.165) is 42.5 Å². The number of amides is 1. The first-order valence-corrected chi connectivity index (χ1v) is 11.8. The van der Waals surface area contributed by atoms with Crippen molar-refractivity contribution in [3.63, 3.8) is 0 Å². The second kappa shape index (κ2) is 10.1. The second-order valence-corrected chi connectivity index (χ2v) is 8.93. The van der Waals surface area contributed by atoms with Crippen molar-refractivity contribution in [1.29, 1.82) is 0 Å². The number of ether oxygens (including phenoxy) is 1. The molecular formula is C29H29N3O2. The molecule has 0 radical (unpaired) electrons. The zero-order chi connectivity index (χ0) is 23.3. The Kier molecular flexibility index (Phi) is 6.54. The van der Waals surface area contributed by atoms with Gasteiger partial charge in [0, 0.05) is 44.8 Å². The van der Waals surface area contributed by atoms with E-state index in [2.05, 4.69) is 52.3 Å². The third-order valence-electron chi connectivity index (χ3n) is 6.21. The topological polar surface area (TPSA) is 45.7 Å². The van der Waals surface area contributed by atoms with Gasteiger partial charge in [0.05, 0.1) is 17.7 Å². The maximum Gasteiger partial charge on any atom is 0.257 e. The predicted molar refractivity (Wildman–Crippen MR) is 135 cm³/mol. The molecule has 2 heterocycles. The van der Waals surface area contributed by atoms with Crippen molar-refractivity contribution in [3.05, 3.63) is 107 Å². The molecule has 172 valence electrons. The summed E-state index contributed by atoms with van der Waals surface area (Å²) < 4.78 is 6.07. The largest absolute Gasteiger partial charge is 0.493 e. The van der Waals surface area contributed by atoms with Gasteiger partial charge in [-0.15, -0.1) is 0 Å². The Bertz CT molecular complexity index is 1300. The fraction of sp³-hybridized carbons (Fsp3) is 0.241. The smallest absolute Gasteiger partial charge is 0.257 e. The summed E-state index contributed by atoms with van der Waals surface area (Å²) in [4.78, 5) is 21.9. The summed E-state index contributed by atoms with van der Waals surface area (Å²) in [7, 11) is 1.84. The van der Waals surface area contributed by atoms with Crippen molar-refractivity contribution in [3.8, 4) is 5.75 Å². The Labute approximate surface area is 200 Å². The summed E-state index contributed by atoms with van der Waals surface area (Å²) in [5.41, 5.74) is 5.19. The minimum Gasteiger partial charge on any atom is -0.493 e. The molecule has 3 aromatic carbocycles. The minimum absolute atomic E-state index is 0.0245. The first-order chi connectivity index (χ1) is 16.7. The van der Waals surface area contributed by atoms with Gasteiger partial charge in [0.1, 0.15) is 5.75 Å². The van der Waals surface area contributed by atoms with Crippen molar-refractivity contribution in [2.75, 3.05) is 20.2 Å². The number of benzene rings is 3. The minimum atomic E-state index is -0.0245. The molecule has 0 aliphatic carbocycles. The van der Waals surface area contributed by atoms with E-state index >= 15 is 0 Å². The average molecular weight is 452 g/mol. The summed E-state index contributed by atoms with van der Waals surface area (Å²) >= 11 is 0. The maximum absolute atomic E-state index is 13.1. The number of aromatic nitrogens is 1. The van der Waals surface area contributed by atoms with E-state index in [1.807, 2.05) is 49.6 Å². The Hall–Kier alpha value is -3.70. The molecule has 0 saturated carbocycles. The molecule has 1 aliphatic heterocycles. The fourth-order valence-electron chi connectivity index (χ4n) is 4.55. The number of para-hydroxylation sites is 2. The van der Waals surface area contributed by atoms with Crippen molar-refractivity contribution >= 4 is 16.8 Å². The second-order valence-electron chi connectivity index (χ2n) is 8.93. The molecule has 34 heavy (non-hydrogen) atoms. The number of rotatable bonds is 2. The van der Waals surface area contributed by atoms with Gasteiger partial charge in [-0.3, -0.25) is 14.7 Å². The van der Waals surface area contributed by atoms with Crippen molar-refractivity contribution in [2.24, 2.45) is 0 Å². The van der Waals surface area contributed by atoms with Crippen LogP contribution in [0.2, 0.25) is 0 Å². The predicted octanol–water partition coefficient (Wildman–Crippen LogP) is 5.29.